The molecule has 0 aliphatic carbocycles. The van der Waals surface area contributed by atoms with Gasteiger partial charge in [-0.25, -0.2) is 0 Å². The Hall–Kier alpha value is -0.610. The number of amides is 1. The van der Waals surface area contributed by atoms with E-state index < -0.39 is 0 Å². The lowest BCUT2D eigenvalue weighted by Gasteiger charge is -2.39. The molecular weight excluding hydrogens is 216 g/mol. The molecule has 2 fully saturated rings. The van der Waals surface area contributed by atoms with Crippen LogP contribution in [0.15, 0.2) is 0 Å². The zero-order chi connectivity index (χ0) is 12.1. The Morgan fingerprint density at radius 1 is 1.24 bits per heavy atom. The van der Waals surface area contributed by atoms with Crippen molar-refractivity contribution in [2.24, 2.45) is 0 Å². The molecule has 0 aromatic carbocycles. The molecule has 0 saturated carbocycles. The maximum Gasteiger partial charge on any atom is 0.222 e. The Kier molecular flexibility index (Phi) is 4.80. The normalized spacial score (nSPS) is 27.1. The summed E-state index contributed by atoms with van der Waals surface area (Å²) in [6, 6.07) is 0.439. The van der Waals surface area contributed by atoms with Crippen molar-refractivity contribution in [3.8, 4) is 0 Å². The van der Waals surface area contributed by atoms with Crippen molar-refractivity contribution in [1.29, 1.82) is 0 Å². The molecule has 17 heavy (non-hydrogen) atoms. The van der Waals surface area contributed by atoms with Crippen LogP contribution in [0.3, 0.4) is 0 Å². The number of carbonyl (C=O) groups excluding carboxylic acids is 1. The Bertz CT molecular complexity index is 252. The highest BCUT2D eigenvalue weighted by atomic mass is 16.5. The average molecular weight is 240 g/mol. The first-order valence-electron chi connectivity index (χ1n) is 6.91. The van der Waals surface area contributed by atoms with Gasteiger partial charge in [-0.3, -0.25) is 9.69 Å². The van der Waals surface area contributed by atoms with E-state index in [1.165, 1.54) is 19.3 Å². The van der Waals surface area contributed by atoms with Crippen LogP contribution in [-0.4, -0.2) is 61.1 Å². The number of nitrogens with zero attached hydrogens (tertiary/aromatic N) is 2. The van der Waals surface area contributed by atoms with Crippen molar-refractivity contribution >= 4 is 5.91 Å². The van der Waals surface area contributed by atoms with E-state index in [-0.39, 0.29) is 0 Å². The molecule has 0 radical (unpaired) electrons. The van der Waals surface area contributed by atoms with Gasteiger partial charge in [0.15, 0.2) is 0 Å². The topological polar surface area (TPSA) is 32.8 Å². The Balaban J connectivity index is 1.88. The summed E-state index contributed by atoms with van der Waals surface area (Å²) in [6.45, 7) is 7.68. The number of morpholine rings is 1. The predicted octanol–water partition coefficient (Wildman–Crippen LogP) is 1.11. The first-order valence-corrected chi connectivity index (χ1v) is 6.91. The summed E-state index contributed by atoms with van der Waals surface area (Å²) in [4.78, 5) is 16.5. The zero-order valence-electron chi connectivity index (χ0n) is 10.9. The van der Waals surface area contributed by atoms with Crippen molar-refractivity contribution < 1.29 is 9.53 Å². The van der Waals surface area contributed by atoms with E-state index in [4.69, 9.17) is 4.74 Å². The Morgan fingerprint density at radius 3 is 2.71 bits per heavy atom. The van der Waals surface area contributed by atoms with Crippen LogP contribution in [0.2, 0.25) is 0 Å². The number of hydrogen-bond acceptors (Lipinski definition) is 3. The Morgan fingerprint density at radius 2 is 2.00 bits per heavy atom. The van der Waals surface area contributed by atoms with Gasteiger partial charge in [-0.2, -0.15) is 0 Å². The van der Waals surface area contributed by atoms with Crippen molar-refractivity contribution in [2.45, 2.75) is 38.6 Å². The SMILES string of the molecule is CCC(=O)N1CCCCC1CN1CCOCC1. The maximum atomic E-state index is 11.9. The molecular formula is C13H24N2O2. The number of likely N-dealkylation sites (tertiary alicyclic amines) is 1. The van der Waals surface area contributed by atoms with E-state index in [0.717, 1.165) is 39.4 Å². The molecule has 0 bridgehead atoms. The number of piperidine rings is 1. The summed E-state index contributed by atoms with van der Waals surface area (Å²) >= 11 is 0. The molecule has 2 aliphatic heterocycles. The second-order valence-corrected chi connectivity index (χ2v) is 5.00. The van der Waals surface area contributed by atoms with Gasteiger partial charge >= 0.3 is 0 Å². The van der Waals surface area contributed by atoms with Gasteiger partial charge < -0.3 is 9.64 Å². The molecule has 4 nitrogen and oxygen atoms in total. The third-order valence-corrected chi connectivity index (χ3v) is 3.82. The zero-order valence-corrected chi connectivity index (χ0v) is 10.9. The van der Waals surface area contributed by atoms with Crippen LogP contribution in [0.4, 0.5) is 0 Å². The molecule has 2 saturated heterocycles. The number of ether oxygens (including phenoxy) is 1. The smallest absolute Gasteiger partial charge is 0.222 e. The molecule has 1 unspecified atom stereocenters. The number of rotatable bonds is 3. The molecule has 2 aliphatic rings. The highest BCUT2D eigenvalue weighted by Crippen LogP contribution is 2.19. The predicted molar refractivity (Wildman–Crippen MR) is 66.9 cm³/mol. The van der Waals surface area contributed by atoms with E-state index in [1.807, 2.05) is 6.92 Å². The minimum Gasteiger partial charge on any atom is -0.379 e. The monoisotopic (exact) mass is 240 g/mol. The third-order valence-electron chi connectivity index (χ3n) is 3.82. The molecule has 2 heterocycles. The second kappa shape index (κ2) is 6.36. The molecule has 1 amide bonds. The van der Waals surface area contributed by atoms with Gasteiger partial charge in [0.25, 0.3) is 0 Å². The number of carbonyl (C=O) groups is 1. The molecule has 0 spiro atoms. The van der Waals surface area contributed by atoms with E-state index in [0.29, 0.717) is 18.4 Å². The highest BCUT2D eigenvalue weighted by Gasteiger charge is 2.27. The molecule has 98 valence electrons. The lowest BCUT2D eigenvalue weighted by atomic mass is 10.0. The first kappa shape index (κ1) is 12.8. The lowest BCUT2D eigenvalue weighted by Crippen LogP contribution is -2.51. The van der Waals surface area contributed by atoms with Gasteiger partial charge in [0.2, 0.25) is 5.91 Å². The van der Waals surface area contributed by atoms with Gasteiger partial charge in [-0.05, 0) is 19.3 Å². The van der Waals surface area contributed by atoms with E-state index in [2.05, 4.69) is 9.80 Å². The van der Waals surface area contributed by atoms with Gasteiger partial charge in [-0.1, -0.05) is 6.92 Å². The molecule has 0 aromatic heterocycles. The fraction of sp³-hybridized carbons (Fsp3) is 0.923. The minimum absolute atomic E-state index is 0.322. The number of hydrogen-bond donors (Lipinski definition) is 0. The Labute approximate surface area is 104 Å². The van der Waals surface area contributed by atoms with Crippen molar-refractivity contribution in [1.82, 2.24) is 9.80 Å². The van der Waals surface area contributed by atoms with Crippen LogP contribution in [-0.2, 0) is 9.53 Å². The van der Waals surface area contributed by atoms with Crippen molar-refractivity contribution in [2.75, 3.05) is 39.4 Å². The van der Waals surface area contributed by atoms with Crippen LogP contribution in [0, 0.1) is 0 Å². The summed E-state index contributed by atoms with van der Waals surface area (Å²) in [5.74, 6) is 0.322. The van der Waals surface area contributed by atoms with Gasteiger partial charge in [0, 0.05) is 38.6 Å². The first-order chi connectivity index (χ1) is 8.31. The van der Waals surface area contributed by atoms with Crippen LogP contribution >= 0.6 is 0 Å². The minimum atomic E-state index is 0.322. The molecule has 4 heteroatoms. The van der Waals surface area contributed by atoms with E-state index in [1.54, 1.807) is 0 Å². The fourth-order valence-corrected chi connectivity index (χ4v) is 2.80. The van der Waals surface area contributed by atoms with E-state index in [9.17, 15) is 4.79 Å². The van der Waals surface area contributed by atoms with Gasteiger partial charge in [0.1, 0.15) is 0 Å². The molecule has 1 atom stereocenters. The standard InChI is InChI=1S/C13H24N2O2/c1-2-13(16)15-6-4-3-5-12(15)11-14-7-9-17-10-8-14/h12H,2-11H2,1H3. The quantitative estimate of drug-likeness (QED) is 0.741. The largest absolute Gasteiger partial charge is 0.379 e. The van der Waals surface area contributed by atoms with Gasteiger partial charge in [0.05, 0.1) is 13.2 Å². The summed E-state index contributed by atoms with van der Waals surface area (Å²) in [7, 11) is 0. The van der Waals surface area contributed by atoms with Gasteiger partial charge in [-0.15, -0.1) is 0 Å². The molecule has 0 N–H and O–H groups in total. The third kappa shape index (κ3) is 3.42. The van der Waals surface area contributed by atoms with Crippen LogP contribution in [0.5, 0.6) is 0 Å². The van der Waals surface area contributed by atoms with Crippen LogP contribution < -0.4 is 0 Å². The fourth-order valence-electron chi connectivity index (χ4n) is 2.80. The van der Waals surface area contributed by atoms with Crippen LogP contribution in [0.25, 0.3) is 0 Å². The summed E-state index contributed by atoms with van der Waals surface area (Å²) in [6.07, 6.45) is 4.25. The highest BCUT2D eigenvalue weighted by molar-refractivity contribution is 5.76. The maximum absolute atomic E-state index is 11.9. The lowest BCUT2D eigenvalue weighted by molar-refractivity contribution is -0.135. The summed E-state index contributed by atoms with van der Waals surface area (Å²) in [5.41, 5.74) is 0. The summed E-state index contributed by atoms with van der Waals surface area (Å²) in [5, 5.41) is 0. The van der Waals surface area contributed by atoms with Crippen molar-refractivity contribution in [3.05, 3.63) is 0 Å². The van der Waals surface area contributed by atoms with Crippen LogP contribution in [0.1, 0.15) is 32.6 Å². The average Bonchev–Trinajstić information content (AvgIpc) is 2.40. The van der Waals surface area contributed by atoms with E-state index >= 15 is 0 Å². The second-order valence-electron chi connectivity index (χ2n) is 5.00. The summed E-state index contributed by atoms with van der Waals surface area (Å²) < 4.78 is 5.36. The molecule has 2 rings (SSSR count). The molecule has 0 aromatic rings. The van der Waals surface area contributed by atoms with Crippen molar-refractivity contribution in [3.63, 3.8) is 0 Å².